The minimum atomic E-state index is -0.204. The third-order valence-electron chi connectivity index (χ3n) is 3.98. The number of rotatable bonds is 3. The molecule has 7 nitrogen and oxygen atoms in total. The van der Waals surface area contributed by atoms with Crippen molar-refractivity contribution in [3.8, 4) is 0 Å². The van der Waals surface area contributed by atoms with Crippen LogP contribution in [0, 0.1) is 5.92 Å². The molecule has 7 heteroatoms. The highest BCUT2D eigenvalue weighted by Gasteiger charge is 2.35. The van der Waals surface area contributed by atoms with Crippen LogP contribution in [-0.2, 0) is 14.3 Å². The van der Waals surface area contributed by atoms with Gasteiger partial charge < -0.3 is 20.3 Å². The number of hydrogen-bond acceptors (Lipinski definition) is 5. The van der Waals surface area contributed by atoms with Gasteiger partial charge in [0.15, 0.2) is 0 Å². The number of likely N-dealkylation sites (N-methyl/N-ethyl adjacent to an activating group) is 1. The smallest absolute Gasteiger partial charge is 0.236 e. The van der Waals surface area contributed by atoms with Crippen molar-refractivity contribution < 1.29 is 14.3 Å². The molecule has 0 spiro atoms. The Morgan fingerprint density at radius 2 is 1.85 bits per heavy atom. The average Bonchev–Trinajstić information content (AvgIpc) is 2.85. The Bertz CT molecular complexity index is 367. The molecule has 2 amide bonds. The van der Waals surface area contributed by atoms with Crippen molar-refractivity contribution in [2.24, 2.45) is 11.7 Å². The molecule has 2 aliphatic rings. The second-order valence-corrected chi connectivity index (χ2v) is 5.70. The molecule has 0 aromatic rings. The molecule has 0 aliphatic carbocycles. The van der Waals surface area contributed by atoms with Gasteiger partial charge in [0.25, 0.3) is 0 Å². The van der Waals surface area contributed by atoms with Crippen molar-refractivity contribution >= 4 is 11.8 Å². The van der Waals surface area contributed by atoms with Crippen LogP contribution in [0.15, 0.2) is 0 Å². The van der Waals surface area contributed by atoms with E-state index in [1.807, 2.05) is 4.90 Å². The monoisotopic (exact) mass is 284 g/mol. The Labute approximate surface area is 119 Å². The fraction of sp³-hybridized carbons (Fsp3) is 0.846. The Hall–Kier alpha value is -1.18. The maximum Gasteiger partial charge on any atom is 0.236 e. The standard InChI is InChI=1S/C13H24N4O3/c1-15(2)12(18)7-16-3-5-17(6-4-16)13(19)10-8-20-9-11(10)14/h10-11H,3-9,14H2,1-2H3. The van der Waals surface area contributed by atoms with Crippen molar-refractivity contribution in [3.05, 3.63) is 0 Å². The lowest BCUT2D eigenvalue weighted by Crippen LogP contribution is -2.53. The number of nitrogens with zero attached hydrogens (tertiary/aromatic N) is 3. The fourth-order valence-electron chi connectivity index (χ4n) is 2.52. The number of nitrogens with two attached hydrogens (primary N) is 1. The molecule has 2 unspecified atom stereocenters. The molecule has 2 aliphatic heterocycles. The van der Waals surface area contributed by atoms with Crippen molar-refractivity contribution in [1.29, 1.82) is 0 Å². The molecule has 0 radical (unpaired) electrons. The number of hydrogen-bond donors (Lipinski definition) is 1. The van der Waals surface area contributed by atoms with E-state index in [1.54, 1.807) is 19.0 Å². The summed E-state index contributed by atoms with van der Waals surface area (Å²) in [6.07, 6.45) is 0. The van der Waals surface area contributed by atoms with Gasteiger partial charge in [-0.3, -0.25) is 14.5 Å². The second-order valence-electron chi connectivity index (χ2n) is 5.70. The van der Waals surface area contributed by atoms with Crippen LogP contribution in [0.5, 0.6) is 0 Å². The highest BCUT2D eigenvalue weighted by atomic mass is 16.5. The Balaban J connectivity index is 1.79. The summed E-state index contributed by atoms with van der Waals surface area (Å²) in [5, 5.41) is 0. The van der Waals surface area contributed by atoms with Gasteiger partial charge in [-0.25, -0.2) is 0 Å². The average molecular weight is 284 g/mol. The maximum absolute atomic E-state index is 12.3. The van der Waals surface area contributed by atoms with Crippen LogP contribution in [0.2, 0.25) is 0 Å². The first-order valence-corrected chi connectivity index (χ1v) is 7.03. The van der Waals surface area contributed by atoms with Crippen LogP contribution in [0.1, 0.15) is 0 Å². The molecule has 2 fully saturated rings. The third-order valence-corrected chi connectivity index (χ3v) is 3.98. The lowest BCUT2D eigenvalue weighted by atomic mass is 10.0. The van der Waals surface area contributed by atoms with E-state index >= 15 is 0 Å². The third kappa shape index (κ3) is 3.47. The lowest BCUT2D eigenvalue weighted by Gasteiger charge is -2.36. The first kappa shape index (κ1) is 15.2. The topological polar surface area (TPSA) is 79.1 Å². The number of carbonyl (C=O) groups excluding carboxylic acids is 2. The van der Waals surface area contributed by atoms with E-state index in [9.17, 15) is 9.59 Å². The highest BCUT2D eigenvalue weighted by molar-refractivity contribution is 5.80. The van der Waals surface area contributed by atoms with Gasteiger partial charge in [0.05, 0.1) is 25.7 Å². The first-order chi connectivity index (χ1) is 9.49. The van der Waals surface area contributed by atoms with Crippen LogP contribution in [-0.4, -0.2) is 92.6 Å². The molecule has 0 bridgehead atoms. The van der Waals surface area contributed by atoms with E-state index in [1.165, 1.54) is 0 Å². The van der Waals surface area contributed by atoms with Gasteiger partial charge in [-0.15, -0.1) is 0 Å². The first-order valence-electron chi connectivity index (χ1n) is 7.03. The Morgan fingerprint density at radius 1 is 1.20 bits per heavy atom. The molecule has 0 saturated carbocycles. The molecule has 114 valence electrons. The predicted molar refractivity (Wildman–Crippen MR) is 74.0 cm³/mol. The van der Waals surface area contributed by atoms with Crippen LogP contribution in [0.4, 0.5) is 0 Å². The molecule has 0 aromatic heterocycles. The van der Waals surface area contributed by atoms with Gasteiger partial charge in [0.2, 0.25) is 11.8 Å². The largest absolute Gasteiger partial charge is 0.379 e. The molecule has 0 aromatic carbocycles. The fourth-order valence-corrected chi connectivity index (χ4v) is 2.52. The van der Waals surface area contributed by atoms with Gasteiger partial charge in [-0.2, -0.15) is 0 Å². The van der Waals surface area contributed by atoms with Crippen molar-refractivity contribution in [2.75, 3.05) is 60.0 Å². The van der Waals surface area contributed by atoms with E-state index in [0.29, 0.717) is 32.8 Å². The van der Waals surface area contributed by atoms with E-state index in [-0.39, 0.29) is 23.8 Å². The van der Waals surface area contributed by atoms with Crippen LogP contribution < -0.4 is 5.73 Å². The molecule has 2 heterocycles. The Morgan fingerprint density at radius 3 is 2.35 bits per heavy atom. The summed E-state index contributed by atoms with van der Waals surface area (Å²) < 4.78 is 5.25. The van der Waals surface area contributed by atoms with E-state index in [4.69, 9.17) is 10.5 Å². The number of piperazine rings is 1. The summed E-state index contributed by atoms with van der Waals surface area (Å²) in [4.78, 5) is 29.5. The Kier molecular flexibility index (Phi) is 4.95. The van der Waals surface area contributed by atoms with Crippen molar-refractivity contribution in [2.45, 2.75) is 6.04 Å². The van der Waals surface area contributed by atoms with E-state index in [2.05, 4.69) is 4.90 Å². The summed E-state index contributed by atoms with van der Waals surface area (Å²) in [6, 6.07) is -0.184. The molecule has 2 rings (SSSR count). The molecule has 2 saturated heterocycles. The molecule has 2 atom stereocenters. The van der Waals surface area contributed by atoms with Crippen LogP contribution in [0.3, 0.4) is 0 Å². The van der Waals surface area contributed by atoms with E-state index < -0.39 is 0 Å². The maximum atomic E-state index is 12.3. The van der Waals surface area contributed by atoms with Gasteiger partial charge in [-0.1, -0.05) is 0 Å². The van der Waals surface area contributed by atoms with Gasteiger partial charge in [0, 0.05) is 46.3 Å². The zero-order valence-electron chi connectivity index (χ0n) is 12.2. The summed E-state index contributed by atoms with van der Waals surface area (Å²) in [5.41, 5.74) is 5.88. The quantitative estimate of drug-likeness (QED) is 0.661. The summed E-state index contributed by atoms with van der Waals surface area (Å²) in [6.45, 7) is 4.09. The zero-order valence-corrected chi connectivity index (χ0v) is 12.2. The number of carbonyl (C=O) groups is 2. The van der Waals surface area contributed by atoms with Crippen molar-refractivity contribution in [1.82, 2.24) is 14.7 Å². The number of ether oxygens (including phenoxy) is 1. The normalized spacial score (nSPS) is 27.6. The van der Waals surface area contributed by atoms with Gasteiger partial charge in [0.1, 0.15) is 0 Å². The minimum absolute atomic E-state index is 0.0913. The zero-order chi connectivity index (χ0) is 14.7. The summed E-state index contributed by atoms with van der Waals surface area (Å²) in [7, 11) is 3.51. The summed E-state index contributed by atoms with van der Waals surface area (Å²) in [5.74, 6) is -0.0189. The van der Waals surface area contributed by atoms with E-state index in [0.717, 1.165) is 13.1 Å². The lowest BCUT2D eigenvalue weighted by molar-refractivity contribution is -0.138. The highest BCUT2D eigenvalue weighted by Crippen LogP contribution is 2.16. The molecule has 20 heavy (non-hydrogen) atoms. The number of amides is 2. The van der Waals surface area contributed by atoms with Gasteiger partial charge in [-0.05, 0) is 0 Å². The molecule has 2 N–H and O–H groups in total. The van der Waals surface area contributed by atoms with Gasteiger partial charge >= 0.3 is 0 Å². The van der Waals surface area contributed by atoms with Crippen LogP contribution in [0.25, 0.3) is 0 Å². The SMILES string of the molecule is CN(C)C(=O)CN1CCN(C(=O)C2COCC2N)CC1. The molecular weight excluding hydrogens is 260 g/mol. The summed E-state index contributed by atoms with van der Waals surface area (Å²) >= 11 is 0. The predicted octanol–water partition coefficient (Wildman–Crippen LogP) is -1.81. The minimum Gasteiger partial charge on any atom is -0.379 e. The van der Waals surface area contributed by atoms with Crippen LogP contribution >= 0.6 is 0 Å². The second kappa shape index (κ2) is 6.51. The van der Waals surface area contributed by atoms with Crippen molar-refractivity contribution in [3.63, 3.8) is 0 Å². The molecular formula is C13H24N4O3.